The number of aliphatic hydroxyl groups is 1. The van der Waals surface area contributed by atoms with Crippen molar-refractivity contribution in [1.82, 2.24) is 4.98 Å². The monoisotopic (exact) mass is 980 g/mol. The quantitative estimate of drug-likeness (QED) is 0.0164. The molecule has 0 spiro atoms. The number of carbonyl (C=O) groups is 1. The third kappa shape index (κ3) is 16.8. The van der Waals surface area contributed by atoms with Crippen molar-refractivity contribution in [3.8, 4) is 40.0 Å². The predicted molar refractivity (Wildman–Crippen MR) is 260 cm³/mol. The molecule has 0 amide bonds. The number of hydrogen-bond acceptors (Lipinski definition) is 12. The Kier molecular flexibility index (Phi) is 20.9. The first kappa shape index (κ1) is 55.1. The zero-order valence-corrected chi connectivity index (χ0v) is 39.3. The van der Waals surface area contributed by atoms with Crippen molar-refractivity contribution >= 4 is 52.7 Å². The first-order valence-electron chi connectivity index (χ1n) is 19.9. The molecule has 356 valence electrons. The molecule has 0 atom stereocenters. The predicted octanol–water partition coefficient (Wildman–Crippen LogP) is 12.2. The lowest BCUT2D eigenvalue weighted by molar-refractivity contribution is -0.385. The lowest BCUT2D eigenvalue weighted by Gasteiger charge is -2.17. The second-order valence-corrected chi connectivity index (χ2v) is 20.7. The van der Waals surface area contributed by atoms with Gasteiger partial charge in [-0.1, -0.05) is 114 Å². The number of benzene rings is 6. The van der Waals surface area contributed by atoms with Crippen molar-refractivity contribution < 1.29 is 49.9 Å². The average molecular weight is 981 g/mol. The lowest BCUT2D eigenvalue weighted by Crippen LogP contribution is -2.36. The van der Waals surface area contributed by atoms with Crippen LogP contribution in [0.5, 0.6) is 5.75 Å². The topological polar surface area (TPSA) is 238 Å². The van der Waals surface area contributed by atoms with Gasteiger partial charge in [0.2, 0.25) is 8.32 Å². The van der Waals surface area contributed by atoms with Gasteiger partial charge in [0, 0.05) is 69.6 Å². The van der Waals surface area contributed by atoms with Crippen LogP contribution in [0.1, 0.15) is 21.5 Å². The second kappa shape index (κ2) is 26.2. The van der Waals surface area contributed by atoms with Crippen LogP contribution in [0.2, 0.25) is 19.6 Å². The fourth-order valence-electron chi connectivity index (χ4n) is 5.68. The maximum Gasteiger partial charge on any atom is 0.522 e. The molecule has 69 heavy (non-hydrogen) atoms. The third-order valence-electron chi connectivity index (χ3n) is 8.49. The van der Waals surface area contributed by atoms with Gasteiger partial charge >= 0.3 is 15.6 Å². The van der Waals surface area contributed by atoms with Crippen molar-refractivity contribution in [2.45, 2.75) is 25.1 Å². The molecule has 6 aromatic carbocycles. The van der Waals surface area contributed by atoms with Gasteiger partial charge < -0.3 is 13.7 Å². The van der Waals surface area contributed by atoms with Crippen LogP contribution in [0.3, 0.4) is 0 Å². The number of carbonyl (C=O) groups excluding carboxylic acids is 1. The number of halogens is 3. The van der Waals surface area contributed by atoms with Gasteiger partial charge in [0.25, 0.3) is 11.4 Å². The van der Waals surface area contributed by atoms with E-state index in [4.69, 9.17) is 20.4 Å². The summed E-state index contributed by atoms with van der Waals surface area (Å²) < 4.78 is 65.5. The second-order valence-electron chi connectivity index (χ2n) is 14.4. The Morgan fingerprint density at radius 2 is 1.19 bits per heavy atom. The molecule has 0 unspecified atom stereocenters. The Labute approximate surface area is 395 Å². The minimum absolute atomic E-state index is 0.00278. The van der Waals surface area contributed by atoms with Gasteiger partial charge in [0.05, 0.1) is 33.7 Å². The number of azide groups is 1. The number of nitro groups is 2. The van der Waals surface area contributed by atoms with E-state index in [9.17, 15) is 46.6 Å². The number of nitrogens with zero attached hydrogens (tertiary/aromatic N) is 6. The number of aldehydes is 1. The first-order chi connectivity index (χ1) is 32.8. The first-order valence-corrected chi connectivity index (χ1v) is 24.7. The Balaban J connectivity index is 0.000000257. The molecule has 0 aliphatic heterocycles. The molecular weight excluding hydrogens is 938 g/mol. The van der Waals surface area contributed by atoms with Gasteiger partial charge in [0.1, 0.15) is 5.75 Å². The Morgan fingerprint density at radius 1 is 0.739 bits per heavy atom. The molecule has 21 heteroatoms. The van der Waals surface area contributed by atoms with Crippen molar-refractivity contribution in [3.05, 3.63) is 205 Å². The van der Waals surface area contributed by atoms with Crippen molar-refractivity contribution in [3.63, 3.8) is 0 Å². The van der Waals surface area contributed by atoms with E-state index in [0.717, 1.165) is 52.8 Å². The fourth-order valence-corrected chi connectivity index (χ4v) is 8.69. The summed E-state index contributed by atoms with van der Waals surface area (Å²) in [7, 11) is -5.53. The van der Waals surface area contributed by atoms with Crippen LogP contribution in [-0.2, 0) is 14.0 Å². The van der Waals surface area contributed by atoms with E-state index >= 15 is 0 Å². The highest BCUT2D eigenvalue weighted by molar-refractivity contribution is 7.88. The Bertz CT molecular complexity index is 3020. The number of methoxy groups -OCH3 is 1. The zero-order valence-electron chi connectivity index (χ0n) is 37.4. The van der Waals surface area contributed by atoms with Crippen LogP contribution in [0, 0.1) is 32.1 Å². The number of non-ortho nitro benzene ring substituents is 2. The number of alkyl halides is 3. The summed E-state index contributed by atoms with van der Waals surface area (Å²) in [6, 6.07) is 47.7. The number of fused-ring (bicyclic) bond motifs is 1. The van der Waals surface area contributed by atoms with E-state index in [1.54, 1.807) is 13.2 Å². The number of aromatic nitrogens is 1. The summed E-state index contributed by atoms with van der Waals surface area (Å²) >= 11 is 0. The molecule has 0 saturated heterocycles. The molecule has 0 saturated carbocycles. The largest absolute Gasteiger partial charge is 0.522 e. The minimum Gasteiger partial charge on any atom is -0.495 e. The van der Waals surface area contributed by atoms with Crippen LogP contribution in [-0.4, -0.2) is 62.7 Å². The summed E-state index contributed by atoms with van der Waals surface area (Å²) in [5.41, 5.74) is 8.92. The van der Waals surface area contributed by atoms with Crippen LogP contribution >= 0.6 is 0 Å². The molecule has 0 fully saturated rings. The van der Waals surface area contributed by atoms with Gasteiger partial charge in [-0.2, -0.15) is 21.6 Å². The molecule has 0 aliphatic carbocycles. The van der Waals surface area contributed by atoms with Gasteiger partial charge in [-0.25, -0.2) is 4.98 Å². The highest BCUT2D eigenvalue weighted by atomic mass is 32.2. The van der Waals surface area contributed by atoms with E-state index in [1.807, 2.05) is 121 Å². The van der Waals surface area contributed by atoms with E-state index in [2.05, 4.69) is 25.7 Å². The normalized spacial score (nSPS) is 10.4. The average Bonchev–Trinajstić information content (AvgIpc) is 3.34. The molecule has 16 nitrogen and oxygen atoms in total. The SMILES string of the molecule is C(#Cc1ccccc1)c1ccccc1.CO.COc1c(-c2ccccc2)c(-c2ccccc2)nc2ccc([N+](=O)[O-])cc12.C[Si](C)(C)OS(=O)(=O)C(F)(F)F.[N-]=[N+]=Nc1ccc([N+](=O)[O-])cc1C=O. The van der Waals surface area contributed by atoms with Gasteiger partial charge in [0.15, 0.2) is 6.29 Å². The highest BCUT2D eigenvalue weighted by Crippen LogP contribution is 2.43. The van der Waals surface area contributed by atoms with E-state index in [1.165, 1.54) is 37.8 Å². The summed E-state index contributed by atoms with van der Waals surface area (Å²) in [6.07, 6.45) is 0.400. The maximum atomic E-state index is 11.7. The lowest BCUT2D eigenvalue weighted by atomic mass is 9.96. The van der Waals surface area contributed by atoms with E-state index < -0.39 is 33.8 Å². The smallest absolute Gasteiger partial charge is 0.495 e. The zero-order chi connectivity index (χ0) is 51.2. The molecule has 7 aromatic rings. The number of rotatable bonds is 9. The maximum absolute atomic E-state index is 11.7. The van der Waals surface area contributed by atoms with Gasteiger partial charge in [-0.05, 0) is 67.1 Å². The number of ether oxygens (including phenoxy) is 1. The summed E-state index contributed by atoms with van der Waals surface area (Å²) in [4.78, 5) is 38.3. The van der Waals surface area contributed by atoms with Crippen LogP contribution in [0.25, 0.3) is 43.7 Å². The number of hydrogen-bond donors (Lipinski definition) is 1. The minimum atomic E-state index is -5.39. The molecule has 1 N–H and O–H groups in total. The van der Waals surface area contributed by atoms with Crippen molar-refractivity contribution in [2.24, 2.45) is 5.11 Å². The third-order valence-corrected chi connectivity index (χ3v) is 11.9. The van der Waals surface area contributed by atoms with Crippen molar-refractivity contribution in [2.75, 3.05) is 14.2 Å². The molecule has 1 heterocycles. The summed E-state index contributed by atoms with van der Waals surface area (Å²) in [6.45, 7) is 4.07. The van der Waals surface area contributed by atoms with Crippen LogP contribution < -0.4 is 4.74 Å². The number of aliphatic hydroxyl groups excluding tert-OH is 1. The molecule has 0 aliphatic rings. The Morgan fingerprint density at radius 3 is 1.59 bits per heavy atom. The molecule has 0 bridgehead atoms. The standard InChI is InChI=1S/C22H16N2O3.C14H10.C7H4N4O3.C4H9F3O3SSi.CH4O/c1-27-22-18-14-17(24(25)26)12-13-19(18)23-21(16-10-6-3-7-11-16)20(22)15-8-4-2-5-9-15;1-3-7-13(8-4-1)11-12-14-9-5-2-6-10-14;8-10-9-7-2-1-6(11(13)14)3-5(7)4-12;1-12(2,3)10-11(8,9)4(5,6)7;1-2/h2-14H,1H3;1-10H;1-4H;1-3H3;2H,1H3. The van der Waals surface area contributed by atoms with E-state index in [-0.39, 0.29) is 22.6 Å². The van der Waals surface area contributed by atoms with Crippen LogP contribution in [0.4, 0.5) is 30.2 Å². The summed E-state index contributed by atoms with van der Waals surface area (Å²) in [5.74, 6) is 6.80. The van der Waals surface area contributed by atoms with E-state index in [0.29, 0.717) is 22.9 Å². The number of nitro benzene ring substituents is 2. The highest BCUT2D eigenvalue weighted by Gasteiger charge is 2.49. The van der Waals surface area contributed by atoms with Crippen molar-refractivity contribution in [1.29, 1.82) is 0 Å². The fraction of sp³-hybridized carbons (Fsp3) is 0.125. The molecule has 0 radical (unpaired) electrons. The van der Waals surface area contributed by atoms with Gasteiger partial charge in [-0.15, -0.1) is 0 Å². The molecular formula is C48H43F3N6O10SSi. The van der Waals surface area contributed by atoms with Crippen LogP contribution in [0.15, 0.2) is 163 Å². The Hall–Kier alpha value is -8.25. The molecule has 1 aromatic heterocycles. The molecule has 7 rings (SSSR count). The van der Waals surface area contributed by atoms with Gasteiger partial charge in [-0.3, -0.25) is 25.0 Å². The number of pyridine rings is 1. The summed E-state index contributed by atoms with van der Waals surface area (Å²) in [5, 5.41) is 32.4.